The van der Waals surface area contributed by atoms with Gasteiger partial charge in [-0.2, -0.15) is 0 Å². The summed E-state index contributed by atoms with van der Waals surface area (Å²) >= 11 is 0. The van der Waals surface area contributed by atoms with E-state index >= 15 is 0 Å². The van der Waals surface area contributed by atoms with Crippen LogP contribution >= 0.6 is 0 Å². The minimum Gasteiger partial charge on any atom is -0.372 e. The molecule has 2 N–H and O–H groups in total. The molecular formula is C22H26N6O. The number of amides is 1. The number of hydrogen-bond acceptors (Lipinski definition) is 6. The number of nitrogens with zero attached hydrogens (tertiary/aromatic N) is 4. The zero-order valence-electron chi connectivity index (χ0n) is 17.0. The van der Waals surface area contributed by atoms with Crippen LogP contribution in [-0.2, 0) is 6.54 Å². The van der Waals surface area contributed by atoms with Gasteiger partial charge in [-0.25, -0.2) is 9.97 Å². The third kappa shape index (κ3) is 5.51. The van der Waals surface area contributed by atoms with Crippen LogP contribution in [0.25, 0.3) is 0 Å². The Morgan fingerprint density at radius 2 is 1.69 bits per heavy atom. The number of aromatic nitrogens is 3. The molecule has 1 aromatic carbocycles. The fraction of sp³-hybridized carbons (Fsp3) is 0.273. The predicted molar refractivity (Wildman–Crippen MR) is 115 cm³/mol. The highest BCUT2D eigenvalue weighted by Crippen LogP contribution is 2.20. The molecule has 0 aliphatic rings. The number of carbonyl (C=O) groups excluding carboxylic acids is 1. The van der Waals surface area contributed by atoms with Gasteiger partial charge in [0.05, 0.1) is 0 Å². The Labute approximate surface area is 171 Å². The SMILES string of the molecule is CCN(CC)c1ccc(Nc2nc(C)cc(C(=O)NCc3ccncc3)n2)cc1. The second-order valence-electron chi connectivity index (χ2n) is 6.60. The maximum Gasteiger partial charge on any atom is 0.270 e. The topological polar surface area (TPSA) is 83.0 Å². The Morgan fingerprint density at radius 3 is 2.34 bits per heavy atom. The summed E-state index contributed by atoms with van der Waals surface area (Å²) in [6.07, 6.45) is 3.40. The van der Waals surface area contributed by atoms with E-state index in [0.29, 0.717) is 18.2 Å². The summed E-state index contributed by atoms with van der Waals surface area (Å²) in [5, 5.41) is 6.06. The van der Waals surface area contributed by atoms with Gasteiger partial charge in [-0.05, 0) is 68.8 Å². The molecule has 0 unspecified atom stereocenters. The Bertz CT molecular complexity index is 939. The Hall–Kier alpha value is -3.48. The van der Waals surface area contributed by atoms with Crippen molar-refractivity contribution in [2.75, 3.05) is 23.3 Å². The van der Waals surface area contributed by atoms with Gasteiger partial charge in [-0.1, -0.05) is 0 Å². The highest BCUT2D eigenvalue weighted by molar-refractivity contribution is 5.92. The van der Waals surface area contributed by atoms with Gasteiger partial charge in [-0.15, -0.1) is 0 Å². The molecule has 0 aliphatic carbocycles. The Morgan fingerprint density at radius 1 is 1.00 bits per heavy atom. The fourth-order valence-corrected chi connectivity index (χ4v) is 2.99. The van der Waals surface area contributed by atoms with Crippen molar-refractivity contribution >= 4 is 23.2 Å². The van der Waals surface area contributed by atoms with E-state index in [4.69, 9.17) is 0 Å². The van der Waals surface area contributed by atoms with Crippen LogP contribution in [0.3, 0.4) is 0 Å². The van der Waals surface area contributed by atoms with Gasteiger partial charge in [0, 0.05) is 49.1 Å². The highest BCUT2D eigenvalue weighted by Gasteiger charge is 2.11. The minimum atomic E-state index is -0.243. The van der Waals surface area contributed by atoms with Crippen molar-refractivity contribution in [2.24, 2.45) is 0 Å². The first-order chi connectivity index (χ1) is 14.1. The van der Waals surface area contributed by atoms with Crippen LogP contribution in [0.2, 0.25) is 0 Å². The summed E-state index contributed by atoms with van der Waals surface area (Å²) in [5.74, 6) is 0.155. The quantitative estimate of drug-likeness (QED) is 0.610. The van der Waals surface area contributed by atoms with Crippen LogP contribution in [0, 0.1) is 6.92 Å². The van der Waals surface area contributed by atoms with Crippen molar-refractivity contribution in [2.45, 2.75) is 27.3 Å². The van der Waals surface area contributed by atoms with E-state index in [1.807, 2.05) is 31.2 Å². The first-order valence-electron chi connectivity index (χ1n) is 9.74. The molecule has 0 spiro atoms. The minimum absolute atomic E-state index is 0.243. The average Bonchev–Trinajstić information content (AvgIpc) is 2.74. The number of carbonyl (C=O) groups is 1. The molecule has 1 amide bonds. The molecule has 3 aromatic rings. The molecule has 0 atom stereocenters. The monoisotopic (exact) mass is 390 g/mol. The van der Waals surface area contributed by atoms with E-state index in [-0.39, 0.29) is 5.91 Å². The third-order valence-electron chi connectivity index (χ3n) is 4.54. The summed E-state index contributed by atoms with van der Waals surface area (Å²) in [7, 11) is 0. The third-order valence-corrected chi connectivity index (χ3v) is 4.54. The lowest BCUT2D eigenvalue weighted by Gasteiger charge is -2.21. The molecular weight excluding hydrogens is 364 g/mol. The van der Waals surface area contributed by atoms with E-state index in [1.54, 1.807) is 18.5 Å². The number of anilines is 3. The van der Waals surface area contributed by atoms with Crippen LogP contribution < -0.4 is 15.5 Å². The van der Waals surface area contributed by atoms with Gasteiger partial charge in [0.15, 0.2) is 0 Å². The number of hydrogen-bond donors (Lipinski definition) is 2. The molecule has 7 heteroatoms. The number of pyridine rings is 1. The van der Waals surface area contributed by atoms with Crippen molar-refractivity contribution in [3.05, 3.63) is 71.8 Å². The van der Waals surface area contributed by atoms with Crippen LogP contribution in [0.4, 0.5) is 17.3 Å². The van der Waals surface area contributed by atoms with E-state index in [9.17, 15) is 4.79 Å². The number of nitrogens with one attached hydrogen (secondary N) is 2. The fourth-order valence-electron chi connectivity index (χ4n) is 2.99. The molecule has 0 radical (unpaired) electrons. The van der Waals surface area contributed by atoms with Crippen LogP contribution in [-0.4, -0.2) is 33.9 Å². The lowest BCUT2D eigenvalue weighted by Crippen LogP contribution is -2.24. The normalized spacial score (nSPS) is 10.4. The maximum atomic E-state index is 12.5. The lowest BCUT2D eigenvalue weighted by atomic mass is 10.2. The smallest absolute Gasteiger partial charge is 0.270 e. The highest BCUT2D eigenvalue weighted by atomic mass is 16.1. The molecule has 3 rings (SSSR count). The van der Waals surface area contributed by atoms with Crippen LogP contribution in [0.5, 0.6) is 0 Å². The molecule has 0 aliphatic heterocycles. The Kier molecular flexibility index (Phi) is 6.73. The molecule has 150 valence electrons. The summed E-state index contributed by atoms with van der Waals surface area (Å²) in [6.45, 7) is 8.45. The lowest BCUT2D eigenvalue weighted by molar-refractivity contribution is 0.0945. The first kappa shape index (κ1) is 20.3. The summed E-state index contributed by atoms with van der Waals surface area (Å²) in [6, 6.07) is 13.5. The second-order valence-corrected chi connectivity index (χ2v) is 6.60. The molecule has 0 bridgehead atoms. The van der Waals surface area contributed by atoms with Crippen LogP contribution in [0.15, 0.2) is 54.9 Å². The number of rotatable bonds is 8. The van der Waals surface area contributed by atoms with Gasteiger partial charge in [0.25, 0.3) is 5.91 Å². The zero-order valence-corrected chi connectivity index (χ0v) is 17.0. The van der Waals surface area contributed by atoms with E-state index in [2.05, 4.69) is 56.5 Å². The van der Waals surface area contributed by atoms with Crippen molar-refractivity contribution < 1.29 is 4.79 Å². The summed E-state index contributed by atoms with van der Waals surface area (Å²) < 4.78 is 0. The molecule has 2 heterocycles. The van der Waals surface area contributed by atoms with Crippen molar-refractivity contribution in [1.82, 2.24) is 20.3 Å². The largest absolute Gasteiger partial charge is 0.372 e. The molecule has 2 aromatic heterocycles. The van der Waals surface area contributed by atoms with E-state index < -0.39 is 0 Å². The molecule has 0 saturated carbocycles. The van der Waals surface area contributed by atoms with Gasteiger partial charge < -0.3 is 15.5 Å². The van der Waals surface area contributed by atoms with Crippen LogP contribution in [0.1, 0.15) is 35.6 Å². The molecule has 7 nitrogen and oxygen atoms in total. The van der Waals surface area contributed by atoms with Gasteiger partial charge in [-0.3, -0.25) is 9.78 Å². The molecule has 29 heavy (non-hydrogen) atoms. The second kappa shape index (κ2) is 9.64. The van der Waals surface area contributed by atoms with E-state index in [1.165, 1.54) is 5.69 Å². The molecule has 0 fully saturated rings. The van der Waals surface area contributed by atoms with Gasteiger partial charge in [0.1, 0.15) is 5.69 Å². The number of aryl methyl sites for hydroxylation is 1. The summed E-state index contributed by atoms with van der Waals surface area (Å²) in [5.41, 5.74) is 4.06. The van der Waals surface area contributed by atoms with Crippen molar-refractivity contribution in [3.8, 4) is 0 Å². The average molecular weight is 390 g/mol. The number of benzene rings is 1. The van der Waals surface area contributed by atoms with E-state index in [0.717, 1.165) is 30.0 Å². The Balaban J connectivity index is 1.69. The summed E-state index contributed by atoms with van der Waals surface area (Å²) in [4.78, 5) is 27.5. The maximum absolute atomic E-state index is 12.5. The van der Waals surface area contributed by atoms with Gasteiger partial charge in [0.2, 0.25) is 5.95 Å². The standard InChI is InChI=1S/C22H26N6O/c1-4-28(5-2)19-8-6-18(7-9-19)26-22-25-16(3)14-20(27-22)21(29)24-15-17-10-12-23-13-11-17/h6-14H,4-5,15H2,1-3H3,(H,24,29)(H,25,26,27). The van der Waals surface area contributed by atoms with Gasteiger partial charge >= 0.3 is 0 Å². The predicted octanol–water partition coefficient (Wildman–Crippen LogP) is 3.70. The molecule has 0 saturated heterocycles. The van der Waals surface area contributed by atoms with Crippen molar-refractivity contribution in [3.63, 3.8) is 0 Å². The zero-order chi connectivity index (χ0) is 20.6. The first-order valence-corrected chi connectivity index (χ1v) is 9.74. The van der Waals surface area contributed by atoms with Crippen molar-refractivity contribution in [1.29, 1.82) is 0 Å².